The van der Waals surface area contributed by atoms with Crippen LogP contribution in [0.3, 0.4) is 0 Å². The van der Waals surface area contributed by atoms with Gasteiger partial charge in [0.2, 0.25) is 0 Å². The topological polar surface area (TPSA) is 98.0 Å². The molecule has 0 aromatic heterocycles. The van der Waals surface area contributed by atoms with Crippen molar-refractivity contribution in [3.63, 3.8) is 0 Å². The van der Waals surface area contributed by atoms with Crippen LogP contribution in [-0.4, -0.2) is 20.0 Å². The summed E-state index contributed by atoms with van der Waals surface area (Å²) in [6.45, 7) is 1.87. The summed E-state index contributed by atoms with van der Waals surface area (Å²) in [5.41, 5.74) is 1.01. The van der Waals surface area contributed by atoms with Crippen molar-refractivity contribution in [3.05, 3.63) is 53.6 Å². The van der Waals surface area contributed by atoms with Gasteiger partial charge in [0, 0.05) is 11.5 Å². The molecule has 0 aliphatic heterocycles. The van der Waals surface area contributed by atoms with Gasteiger partial charge in [-0.1, -0.05) is 25.1 Å². The third-order valence-corrected chi connectivity index (χ3v) is 4.44. The van der Waals surface area contributed by atoms with Crippen molar-refractivity contribution < 1.29 is 24.6 Å². The van der Waals surface area contributed by atoms with E-state index in [1.807, 2.05) is 6.92 Å². The van der Waals surface area contributed by atoms with E-state index < -0.39 is 7.60 Å². The quantitative estimate of drug-likeness (QED) is 0.650. The number of aromatic hydroxyl groups is 2. The highest BCUT2D eigenvalue weighted by atomic mass is 31.2. The van der Waals surface area contributed by atoms with Gasteiger partial charge in [-0.05, 0) is 36.2 Å². The van der Waals surface area contributed by atoms with E-state index in [1.165, 1.54) is 30.3 Å². The van der Waals surface area contributed by atoms with E-state index in [2.05, 4.69) is 0 Å². The number of benzene rings is 2. The second-order valence-corrected chi connectivity index (χ2v) is 6.38. The van der Waals surface area contributed by atoms with Gasteiger partial charge in [0.25, 0.3) is 0 Å². The fourth-order valence-electron chi connectivity index (χ4n) is 2.47. The van der Waals surface area contributed by atoms with Gasteiger partial charge < -0.3 is 20.0 Å². The average Bonchev–Trinajstić information content (AvgIpc) is 2.42. The van der Waals surface area contributed by atoms with Crippen LogP contribution in [0.25, 0.3) is 0 Å². The van der Waals surface area contributed by atoms with E-state index in [-0.39, 0.29) is 28.3 Å². The lowest BCUT2D eigenvalue weighted by Crippen LogP contribution is -2.15. The first kappa shape index (κ1) is 15.6. The molecule has 5 nitrogen and oxygen atoms in total. The molecular weight excluding hydrogens is 291 g/mol. The molecular formula is C15H17O5P. The minimum atomic E-state index is -4.49. The first-order valence-corrected chi connectivity index (χ1v) is 8.12. The summed E-state index contributed by atoms with van der Waals surface area (Å²) in [6.07, 6.45) is 0.551. The summed E-state index contributed by atoms with van der Waals surface area (Å²) in [4.78, 5) is 19.0. The number of rotatable bonds is 4. The SMILES string of the molecule is CCC(c1ccc(O)cc1)c1c(O)cccc1P(=O)(O)O. The van der Waals surface area contributed by atoms with E-state index >= 15 is 0 Å². The molecule has 112 valence electrons. The Hall–Kier alpha value is -1.81. The van der Waals surface area contributed by atoms with Crippen molar-refractivity contribution >= 4 is 12.9 Å². The summed E-state index contributed by atoms with van der Waals surface area (Å²) < 4.78 is 11.7. The van der Waals surface area contributed by atoms with Crippen LogP contribution in [0.2, 0.25) is 0 Å². The molecule has 0 aliphatic carbocycles. The average molecular weight is 308 g/mol. The lowest BCUT2D eigenvalue weighted by molar-refractivity contribution is 0.386. The van der Waals surface area contributed by atoms with Crippen molar-refractivity contribution in [1.29, 1.82) is 0 Å². The van der Waals surface area contributed by atoms with Crippen LogP contribution in [0.4, 0.5) is 0 Å². The first-order chi connectivity index (χ1) is 9.84. The first-order valence-electron chi connectivity index (χ1n) is 6.51. The standard InChI is InChI=1S/C15H17O5P/c1-2-12(10-6-8-11(16)9-7-10)15-13(17)4-3-5-14(15)21(18,19)20/h3-9,12,16-17H,2H2,1H3,(H2,18,19,20). The smallest absolute Gasteiger partial charge is 0.356 e. The van der Waals surface area contributed by atoms with Gasteiger partial charge in [0.1, 0.15) is 11.5 Å². The van der Waals surface area contributed by atoms with Gasteiger partial charge in [-0.15, -0.1) is 0 Å². The van der Waals surface area contributed by atoms with Crippen molar-refractivity contribution in [2.24, 2.45) is 0 Å². The molecule has 0 spiro atoms. The van der Waals surface area contributed by atoms with Crippen molar-refractivity contribution in [2.45, 2.75) is 19.3 Å². The fraction of sp³-hybridized carbons (Fsp3) is 0.200. The van der Waals surface area contributed by atoms with Crippen LogP contribution in [0.1, 0.15) is 30.4 Å². The molecule has 2 aromatic carbocycles. The Morgan fingerprint density at radius 3 is 2.19 bits per heavy atom. The maximum Gasteiger partial charge on any atom is 0.356 e. The number of hydrogen-bond donors (Lipinski definition) is 4. The highest BCUT2D eigenvalue weighted by Crippen LogP contribution is 2.42. The zero-order valence-corrected chi connectivity index (χ0v) is 12.4. The van der Waals surface area contributed by atoms with Crippen molar-refractivity contribution in [3.8, 4) is 11.5 Å². The summed E-state index contributed by atoms with van der Waals surface area (Å²) in [5, 5.41) is 19.3. The lowest BCUT2D eigenvalue weighted by atomic mass is 9.88. The van der Waals surface area contributed by atoms with Gasteiger partial charge in [0.15, 0.2) is 0 Å². The summed E-state index contributed by atoms with van der Waals surface area (Å²) in [6, 6.07) is 10.5. The summed E-state index contributed by atoms with van der Waals surface area (Å²) >= 11 is 0. The molecule has 0 heterocycles. The van der Waals surface area contributed by atoms with Gasteiger partial charge in [0.05, 0.1) is 5.30 Å². The Kier molecular flexibility index (Phi) is 4.37. The van der Waals surface area contributed by atoms with Crippen LogP contribution in [0.15, 0.2) is 42.5 Å². The molecule has 0 amide bonds. The Morgan fingerprint density at radius 2 is 1.67 bits per heavy atom. The molecule has 1 atom stereocenters. The van der Waals surface area contributed by atoms with E-state index in [1.54, 1.807) is 12.1 Å². The summed E-state index contributed by atoms with van der Waals surface area (Å²) in [7, 11) is -4.49. The second kappa shape index (κ2) is 5.90. The minimum Gasteiger partial charge on any atom is -0.508 e. The monoisotopic (exact) mass is 308 g/mol. The Bertz CT molecular complexity index is 675. The Morgan fingerprint density at radius 1 is 1.05 bits per heavy atom. The molecule has 2 rings (SSSR count). The van der Waals surface area contributed by atoms with Gasteiger partial charge in [-0.3, -0.25) is 4.57 Å². The maximum absolute atomic E-state index is 11.7. The van der Waals surface area contributed by atoms with Crippen LogP contribution >= 0.6 is 7.60 Å². The second-order valence-electron chi connectivity index (χ2n) is 4.81. The van der Waals surface area contributed by atoms with Gasteiger partial charge in [-0.25, -0.2) is 0 Å². The Labute approximate surface area is 122 Å². The molecule has 2 aromatic rings. The zero-order chi connectivity index (χ0) is 15.6. The molecule has 4 N–H and O–H groups in total. The van der Waals surface area contributed by atoms with Gasteiger partial charge in [-0.2, -0.15) is 0 Å². The van der Waals surface area contributed by atoms with Crippen molar-refractivity contribution in [2.75, 3.05) is 0 Å². The van der Waals surface area contributed by atoms with Crippen LogP contribution < -0.4 is 5.30 Å². The normalized spacial score (nSPS) is 13.1. The predicted molar refractivity (Wildman–Crippen MR) is 80.0 cm³/mol. The molecule has 0 bridgehead atoms. The molecule has 0 saturated heterocycles. The Balaban J connectivity index is 2.62. The van der Waals surface area contributed by atoms with E-state index in [4.69, 9.17) is 0 Å². The molecule has 0 saturated carbocycles. The van der Waals surface area contributed by atoms with Crippen LogP contribution in [-0.2, 0) is 4.57 Å². The molecule has 1 unspecified atom stereocenters. The highest BCUT2D eigenvalue weighted by Gasteiger charge is 2.28. The molecule has 0 radical (unpaired) electrons. The third kappa shape index (κ3) is 3.27. The fourth-order valence-corrected chi connectivity index (χ4v) is 3.33. The maximum atomic E-state index is 11.7. The number of phenolic OH excluding ortho intramolecular Hbond substituents is 2. The lowest BCUT2D eigenvalue weighted by Gasteiger charge is -2.21. The molecule has 0 fully saturated rings. The van der Waals surface area contributed by atoms with Crippen LogP contribution in [0, 0.1) is 0 Å². The molecule has 6 heteroatoms. The zero-order valence-electron chi connectivity index (χ0n) is 11.5. The minimum absolute atomic E-state index is 0.112. The van der Waals surface area contributed by atoms with E-state index in [9.17, 15) is 24.6 Å². The number of hydrogen-bond acceptors (Lipinski definition) is 3. The van der Waals surface area contributed by atoms with Gasteiger partial charge >= 0.3 is 7.60 Å². The summed E-state index contributed by atoms with van der Waals surface area (Å²) in [5.74, 6) is -0.397. The molecule has 21 heavy (non-hydrogen) atoms. The van der Waals surface area contributed by atoms with E-state index in [0.717, 1.165) is 5.56 Å². The third-order valence-electron chi connectivity index (χ3n) is 3.43. The largest absolute Gasteiger partial charge is 0.508 e. The molecule has 0 aliphatic rings. The number of phenols is 2. The predicted octanol–water partition coefficient (Wildman–Crippen LogP) is 2.44. The van der Waals surface area contributed by atoms with E-state index in [0.29, 0.717) is 6.42 Å². The van der Waals surface area contributed by atoms with Crippen molar-refractivity contribution in [1.82, 2.24) is 0 Å². The van der Waals surface area contributed by atoms with Crippen LogP contribution in [0.5, 0.6) is 11.5 Å². The highest BCUT2D eigenvalue weighted by molar-refractivity contribution is 7.60.